The van der Waals surface area contributed by atoms with Crippen LogP contribution in [0.25, 0.3) is 0 Å². The van der Waals surface area contributed by atoms with E-state index in [-0.39, 0.29) is 39.6 Å². The highest BCUT2D eigenvalue weighted by molar-refractivity contribution is 6.31. The van der Waals surface area contributed by atoms with Gasteiger partial charge in [-0.1, -0.05) is 68.6 Å². The van der Waals surface area contributed by atoms with Crippen molar-refractivity contribution in [1.29, 1.82) is 0 Å². The van der Waals surface area contributed by atoms with E-state index in [1.165, 1.54) is 24.3 Å². The quantitative estimate of drug-likeness (QED) is 0.300. The van der Waals surface area contributed by atoms with E-state index in [1.807, 2.05) is 20.8 Å². The Bertz CT molecular complexity index is 1120. The number of benzene rings is 2. The fourth-order valence-electron chi connectivity index (χ4n) is 5.05. The second-order valence-corrected chi connectivity index (χ2v) is 11.4. The van der Waals surface area contributed by atoms with Gasteiger partial charge in [0.2, 0.25) is 5.91 Å². The maximum absolute atomic E-state index is 15.5. The van der Waals surface area contributed by atoms with Crippen LogP contribution in [0.4, 0.5) is 8.78 Å². The third-order valence-corrected chi connectivity index (χ3v) is 8.03. The molecule has 1 amide bonds. The Labute approximate surface area is 226 Å². The molecule has 37 heavy (non-hydrogen) atoms. The first-order valence-electron chi connectivity index (χ1n) is 12.4. The van der Waals surface area contributed by atoms with Gasteiger partial charge >= 0.3 is 0 Å². The molecule has 1 aliphatic rings. The van der Waals surface area contributed by atoms with Gasteiger partial charge < -0.3 is 26.6 Å². The van der Waals surface area contributed by atoms with Crippen molar-refractivity contribution in [1.82, 2.24) is 10.6 Å². The largest absolute Gasteiger partial charge is 0.394 e. The van der Waals surface area contributed by atoms with Crippen LogP contribution in [0, 0.1) is 17.0 Å². The van der Waals surface area contributed by atoms with Crippen LogP contribution in [0.15, 0.2) is 36.4 Å². The summed E-state index contributed by atoms with van der Waals surface area (Å²) in [5, 5.41) is 24.8. The van der Waals surface area contributed by atoms with Crippen molar-refractivity contribution in [3.05, 3.63) is 69.2 Å². The summed E-state index contributed by atoms with van der Waals surface area (Å²) in [5.41, 5.74) is 5.55. The average molecular weight is 558 g/mol. The molecular weight excluding hydrogens is 523 g/mol. The molecule has 0 aliphatic carbocycles. The number of hydrogen-bond donors (Lipinski definition) is 5. The van der Waals surface area contributed by atoms with Gasteiger partial charge in [-0.25, -0.2) is 8.78 Å². The van der Waals surface area contributed by atoms with Gasteiger partial charge in [0, 0.05) is 29.1 Å². The molecule has 1 aliphatic heterocycles. The Balaban J connectivity index is 2.18. The fraction of sp³-hybridized carbons (Fsp3) is 0.519. The molecule has 3 rings (SSSR count). The molecule has 1 unspecified atom stereocenters. The van der Waals surface area contributed by atoms with Gasteiger partial charge in [-0.3, -0.25) is 4.79 Å². The van der Waals surface area contributed by atoms with Crippen molar-refractivity contribution in [2.45, 2.75) is 69.7 Å². The van der Waals surface area contributed by atoms with Crippen molar-refractivity contribution in [2.75, 3.05) is 13.2 Å². The zero-order valence-corrected chi connectivity index (χ0v) is 22.7. The number of hydrogen-bond acceptors (Lipinski definition) is 5. The smallest absolute Gasteiger partial charge is 0.237 e. The predicted molar refractivity (Wildman–Crippen MR) is 142 cm³/mol. The Morgan fingerprint density at radius 2 is 1.97 bits per heavy atom. The number of amides is 1. The average Bonchev–Trinajstić information content (AvgIpc) is 3.12. The summed E-state index contributed by atoms with van der Waals surface area (Å²) in [5.74, 6) is -2.92. The third kappa shape index (κ3) is 6.27. The summed E-state index contributed by atoms with van der Waals surface area (Å²) in [6.07, 6.45) is 0.384. The summed E-state index contributed by atoms with van der Waals surface area (Å²) in [6.45, 7) is 5.75. The number of rotatable bonds is 10. The SMILES string of the molecule is CCC(C)(C)CC1N[C@@H](C(=O)NCC[C@H](O)CO)[C@H](c2cccc(Cl)c2F)[C@@]1(N)c1ccc(Cl)cc1F. The highest BCUT2D eigenvalue weighted by atomic mass is 35.5. The summed E-state index contributed by atoms with van der Waals surface area (Å²) in [4.78, 5) is 13.5. The molecule has 6 nitrogen and oxygen atoms in total. The van der Waals surface area contributed by atoms with Crippen molar-refractivity contribution in [3.8, 4) is 0 Å². The van der Waals surface area contributed by atoms with Crippen LogP contribution >= 0.6 is 23.2 Å². The second kappa shape index (κ2) is 11.9. The Morgan fingerprint density at radius 3 is 2.59 bits per heavy atom. The van der Waals surface area contributed by atoms with Crippen LogP contribution in [0.3, 0.4) is 0 Å². The summed E-state index contributed by atoms with van der Waals surface area (Å²) in [6, 6.07) is 6.96. The molecule has 0 radical (unpaired) electrons. The van der Waals surface area contributed by atoms with Crippen molar-refractivity contribution in [2.24, 2.45) is 11.1 Å². The first kappa shape index (κ1) is 29.7. The molecule has 0 saturated carbocycles. The molecule has 1 saturated heterocycles. The van der Waals surface area contributed by atoms with Gasteiger partial charge in [-0.05, 0) is 42.0 Å². The highest BCUT2D eigenvalue weighted by Crippen LogP contribution is 2.50. The van der Waals surface area contributed by atoms with E-state index in [1.54, 1.807) is 6.07 Å². The minimum atomic E-state index is -1.56. The first-order chi connectivity index (χ1) is 17.4. The van der Waals surface area contributed by atoms with Crippen LogP contribution < -0.4 is 16.4 Å². The Kier molecular flexibility index (Phi) is 9.59. The Morgan fingerprint density at radius 1 is 1.27 bits per heavy atom. The second-order valence-electron chi connectivity index (χ2n) is 10.5. The van der Waals surface area contributed by atoms with E-state index in [2.05, 4.69) is 10.6 Å². The van der Waals surface area contributed by atoms with Gasteiger partial charge in [0.15, 0.2) is 0 Å². The maximum atomic E-state index is 15.5. The lowest BCUT2D eigenvalue weighted by Gasteiger charge is -2.40. The Hall–Kier alpha value is -1.81. The first-order valence-corrected chi connectivity index (χ1v) is 13.1. The maximum Gasteiger partial charge on any atom is 0.237 e. The fourth-order valence-corrected chi connectivity index (χ4v) is 5.39. The molecule has 10 heteroatoms. The van der Waals surface area contributed by atoms with Crippen LogP contribution in [0.2, 0.25) is 10.0 Å². The van der Waals surface area contributed by atoms with Gasteiger partial charge in [0.25, 0.3) is 0 Å². The number of carbonyl (C=O) groups excluding carboxylic acids is 1. The standard InChI is InChI=1S/C27H35Cl2F2N3O3/c1-4-26(2,3)13-21-27(32,18-9-8-15(28)12-20(18)30)22(17-6-5-7-19(29)23(17)31)24(34-21)25(37)33-11-10-16(36)14-35/h5-9,12,16,21-22,24,34-36H,4,10-11,13-14,32H2,1-3H3,(H,33,37)/t16-,21?,22-,24+,27+/m0/s1. The molecule has 1 fully saturated rings. The van der Waals surface area contributed by atoms with Crippen LogP contribution in [0.5, 0.6) is 0 Å². The zero-order valence-electron chi connectivity index (χ0n) is 21.2. The van der Waals surface area contributed by atoms with Crippen LogP contribution in [-0.2, 0) is 10.3 Å². The molecule has 1 heterocycles. The van der Waals surface area contributed by atoms with Crippen molar-refractivity contribution in [3.63, 3.8) is 0 Å². The van der Waals surface area contributed by atoms with Crippen molar-refractivity contribution >= 4 is 29.1 Å². The van der Waals surface area contributed by atoms with E-state index in [9.17, 15) is 9.90 Å². The highest BCUT2D eigenvalue weighted by Gasteiger charge is 2.58. The lowest BCUT2D eigenvalue weighted by atomic mass is 9.67. The molecule has 5 atom stereocenters. The van der Waals surface area contributed by atoms with Crippen LogP contribution in [0.1, 0.15) is 57.1 Å². The van der Waals surface area contributed by atoms with Gasteiger partial charge in [-0.15, -0.1) is 0 Å². The number of aliphatic hydroxyl groups is 2. The van der Waals surface area contributed by atoms with E-state index < -0.39 is 53.8 Å². The normalized spacial score (nSPS) is 24.8. The zero-order chi connectivity index (χ0) is 27.5. The molecular formula is C27H35Cl2F2N3O3. The molecule has 0 bridgehead atoms. The lowest BCUT2D eigenvalue weighted by molar-refractivity contribution is -0.123. The number of carbonyl (C=O) groups is 1. The van der Waals surface area contributed by atoms with E-state index in [0.29, 0.717) is 6.42 Å². The van der Waals surface area contributed by atoms with Crippen molar-refractivity contribution < 1.29 is 23.8 Å². The molecule has 0 spiro atoms. The number of nitrogens with two attached hydrogens (primary N) is 1. The third-order valence-electron chi connectivity index (χ3n) is 7.50. The number of aliphatic hydroxyl groups excluding tert-OH is 2. The minimum absolute atomic E-state index is 0.0709. The topological polar surface area (TPSA) is 108 Å². The molecule has 6 N–H and O–H groups in total. The van der Waals surface area contributed by atoms with E-state index in [0.717, 1.165) is 12.5 Å². The molecule has 2 aromatic rings. The van der Waals surface area contributed by atoms with Gasteiger partial charge in [0.1, 0.15) is 11.6 Å². The molecule has 0 aromatic heterocycles. The molecule has 2 aromatic carbocycles. The summed E-state index contributed by atoms with van der Waals surface area (Å²) < 4.78 is 31.0. The number of halogens is 4. The monoisotopic (exact) mass is 557 g/mol. The summed E-state index contributed by atoms with van der Waals surface area (Å²) in [7, 11) is 0. The van der Waals surface area contributed by atoms with Gasteiger partial charge in [0.05, 0.1) is 29.3 Å². The summed E-state index contributed by atoms with van der Waals surface area (Å²) >= 11 is 12.2. The minimum Gasteiger partial charge on any atom is -0.394 e. The lowest BCUT2D eigenvalue weighted by Crippen LogP contribution is -2.52. The van der Waals surface area contributed by atoms with Gasteiger partial charge in [-0.2, -0.15) is 0 Å². The van der Waals surface area contributed by atoms with Crippen LogP contribution in [-0.4, -0.2) is 47.5 Å². The van der Waals surface area contributed by atoms with E-state index >= 15 is 8.78 Å². The molecule has 204 valence electrons. The predicted octanol–water partition coefficient (Wildman–Crippen LogP) is 4.24. The number of nitrogens with one attached hydrogen (secondary N) is 2. The van der Waals surface area contributed by atoms with E-state index in [4.69, 9.17) is 34.0 Å².